The Hall–Kier alpha value is 0.0938. The van der Waals surface area contributed by atoms with Gasteiger partial charge >= 0.3 is 9.92 Å². The first-order valence-electron chi connectivity index (χ1n) is 4.45. The Morgan fingerprint density at radius 2 is 2.08 bits per heavy atom. The van der Waals surface area contributed by atoms with Crippen LogP contribution < -0.4 is 0 Å². The smallest absolute Gasteiger partial charge is 0.388 e. The fourth-order valence-corrected chi connectivity index (χ4v) is 5.37. The zero-order valence-electron chi connectivity index (χ0n) is 9.00. The molecule has 0 saturated heterocycles. The van der Waals surface area contributed by atoms with Gasteiger partial charge in [-0.2, -0.15) is 0 Å². The molecular formula is C8H22NOSi2+. The van der Waals surface area contributed by atoms with Crippen LogP contribution in [0.3, 0.4) is 0 Å². The van der Waals surface area contributed by atoms with Gasteiger partial charge in [-0.25, -0.2) is 0 Å². The minimum atomic E-state index is -0.849. The lowest BCUT2D eigenvalue weighted by atomic mass is 10.4. The number of hydrogen-bond acceptors (Lipinski definition) is 1. The molecule has 12 heavy (non-hydrogen) atoms. The summed E-state index contributed by atoms with van der Waals surface area (Å²) in [6.45, 7) is 10.8. The van der Waals surface area contributed by atoms with Gasteiger partial charge in [0.05, 0.1) is 6.04 Å². The fraction of sp³-hybridized carbons (Fsp3) is 0.750. The molecule has 0 aromatic rings. The quantitative estimate of drug-likeness (QED) is 0.595. The van der Waals surface area contributed by atoms with Gasteiger partial charge in [-0.05, 0) is 26.1 Å². The summed E-state index contributed by atoms with van der Waals surface area (Å²) >= 11 is 0. The Bertz CT molecular complexity index is 152. The Kier molecular flexibility index (Phi) is 5.00. The molecule has 0 aromatic heterocycles. The second-order valence-corrected chi connectivity index (χ2v) is 9.90. The summed E-state index contributed by atoms with van der Waals surface area (Å²) in [7, 11) is 2.86. The third kappa shape index (κ3) is 2.55. The van der Waals surface area contributed by atoms with Crippen LogP contribution in [-0.4, -0.2) is 42.9 Å². The molecule has 0 aliphatic heterocycles. The number of rotatable bonds is 5. The first-order valence-corrected chi connectivity index (χ1v) is 8.00. The maximum Gasteiger partial charge on any atom is 0.388 e. The van der Waals surface area contributed by atoms with Gasteiger partial charge in [-0.3, -0.25) is 0 Å². The minimum Gasteiger partial charge on any atom is -0.427 e. The van der Waals surface area contributed by atoms with Crippen LogP contribution >= 0.6 is 0 Å². The van der Waals surface area contributed by atoms with Gasteiger partial charge in [-0.15, -0.1) is 6.58 Å². The number of hydrogen-bond donors (Lipinski definition) is 0. The van der Waals surface area contributed by atoms with E-state index in [1.807, 2.05) is 7.11 Å². The van der Waals surface area contributed by atoms with Crippen LogP contribution in [-0.2, 0) is 4.43 Å². The average molecular weight is 204 g/mol. The monoisotopic (exact) mass is 204 g/mol. The topological polar surface area (TPSA) is 9.23 Å². The van der Waals surface area contributed by atoms with Crippen molar-refractivity contribution in [2.75, 3.05) is 14.2 Å². The average Bonchev–Trinajstić information content (AvgIpc) is 2.03. The molecule has 0 amide bonds. The molecule has 0 heterocycles. The van der Waals surface area contributed by atoms with Crippen molar-refractivity contribution in [2.24, 2.45) is 0 Å². The molecule has 72 valence electrons. The summed E-state index contributed by atoms with van der Waals surface area (Å²) < 4.78 is 6.56. The van der Waals surface area contributed by atoms with Crippen LogP contribution in [0.2, 0.25) is 6.55 Å². The highest BCUT2D eigenvalue weighted by Gasteiger charge is 2.31. The van der Waals surface area contributed by atoms with Crippen LogP contribution in [0.25, 0.3) is 0 Å². The predicted molar refractivity (Wildman–Crippen MR) is 60.1 cm³/mol. The largest absolute Gasteiger partial charge is 0.427 e. The molecule has 2 nitrogen and oxygen atoms in total. The molecule has 4 heteroatoms. The van der Waals surface area contributed by atoms with E-state index in [4.69, 9.17) is 4.43 Å². The van der Waals surface area contributed by atoms with Gasteiger partial charge in [0.25, 0.3) is 8.96 Å². The third-order valence-electron chi connectivity index (χ3n) is 2.86. The third-order valence-corrected chi connectivity index (χ3v) is 9.72. The van der Waals surface area contributed by atoms with Crippen molar-refractivity contribution in [3.63, 3.8) is 0 Å². The van der Waals surface area contributed by atoms with Crippen molar-refractivity contribution in [1.29, 1.82) is 0 Å². The molecule has 2 unspecified atom stereocenters. The molecule has 0 bridgehead atoms. The van der Waals surface area contributed by atoms with Crippen molar-refractivity contribution in [3.05, 3.63) is 12.3 Å². The van der Waals surface area contributed by atoms with E-state index in [1.165, 1.54) is 3.81 Å². The summed E-state index contributed by atoms with van der Waals surface area (Å²) in [5.41, 5.74) is 2.16. The van der Waals surface area contributed by atoms with E-state index in [9.17, 15) is 0 Å². The molecule has 0 aliphatic carbocycles. The molecule has 2 atom stereocenters. The molecule has 0 saturated carbocycles. The van der Waals surface area contributed by atoms with E-state index in [-0.39, 0.29) is 0 Å². The molecule has 0 fully saturated rings. The summed E-state index contributed by atoms with van der Waals surface area (Å²) in [6, 6.07) is 0.677. The van der Waals surface area contributed by atoms with Crippen LogP contribution in [0.1, 0.15) is 13.8 Å². The first-order chi connectivity index (χ1) is 5.49. The molecule has 0 rings (SSSR count). The lowest BCUT2D eigenvalue weighted by Crippen LogP contribution is -2.60. The Balaban J connectivity index is 4.48. The van der Waals surface area contributed by atoms with Crippen molar-refractivity contribution in [3.8, 4) is 0 Å². The Labute approximate surface area is 80.5 Å². The molecular weight excluding hydrogens is 182 g/mol. The second kappa shape index (κ2) is 4.96. The Morgan fingerprint density at radius 1 is 1.58 bits per heavy atom. The zero-order chi connectivity index (χ0) is 9.78. The molecule has 0 aromatic carbocycles. The van der Waals surface area contributed by atoms with E-state index in [0.29, 0.717) is 6.04 Å². The number of nitrogens with zero attached hydrogens (tertiary/aromatic N) is 1. The molecule has 0 radical (unpaired) electrons. The van der Waals surface area contributed by atoms with Gasteiger partial charge in [0.15, 0.2) is 0 Å². The predicted octanol–water partition coefficient (Wildman–Crippen LogP) is 0.565. The lowest BCUT2D eigenvalue weighted by Gasteiger charge is -2.43. The fourth-order valence-electron chi connectivity index (χ4n) is 1.26. The van der Waals surface area contributed by atoms with Crippen LogP contribution in [0, 0.1) is 0 Å². The van der Waals surface area contributed by atoms with E-state index < -0.39 is 18.9 Å². The summed E-state index contributed by atoms with van der Waals surface area (Å²) in [6.07, 6.45) is 0. The van der Waals surface area contributed by atoms with E-state index in [1.54, 1.807) is 0 Å². The van der Waals surface area contributed by atoms with E-state index in [2.05, 4.69) is 39.7 Å². The van der Waals surface area contributed by atoms with Crippen LogP contribution in [0.5, 0.6) is 0 Å². The summed E-state index contributed by atoms with van der Waals surface area (Å²) in [4.78, 5) is 0. The Morgan fingerprint density at radius 3 is 2.33 bits per heavy atom. The lowest BCUT2D eigenvalue weighted by molar-refractivity contribution is -0.720. The highest BCUT2D eigenvalue weighted by Crippen LogP contribution is 2.12. The van der Waals surface area contributed by atoms with E-state index in [0.717, 1.165) is 0 Å². The van der Waals surface area contributed by atoms with Crippen LogP contribution in [0.4, 0.5) is 0 Å². The van der Waals surface area contributed by atoms with E-state index >= 15 is 0 Å². The van der Waals surface area contributed by atoms with Gasteiger partial charge in [0.2, 0.25) is 0 Å². The molecule has 0 spiro atoms. The second-order valence-electron chi connectivity index (χ2n) is 3.83. The summed E-state index contributed by atoms with van der Waals surface area (Å²) in [5, 5.41) is 0. The van der Waals surface area contributed by atoms with Gasteiger partial charge in [0, 0.05) is 14.2 Å². The minimum absolute atomic E-state index is 0.439. The first kappa shape index (κ1) is 12.1. The zero-order valence-corrected chi connectivity index (χ0v) is 11.6. The SMILES string of the molecule is C=C[SiH](C)[N+](C)([SiH2]OC)C(C)C. The number of quaternary nitrogens is 1. The van der Waals surface area contributed by atoms with Gasteiger partial charge < -0.3 is 8.24 Å². The highest BCUT2D eigenvalue weighted by molar-refractivity contribution is 6.59. The van der Waals surface area contributed by atoms with Crippen molar-refractivity contribution in [2.45, 2.75) is 26.4 Å². The summed E-state index contributed by atoms with van der Waals surface area (Å²) in [5.74, 6) is 0. The highest BCUT2D eigenvalue weighted by atomic mass is 28.3. The van der Waals surface area contributed by atoms with Crippen molar-refractivity contribution >= 4 is 18.9 Å². The standard InChI is InChI=1S/C8H22NOSi2/c1-7-12(6)9(4,8(2)3)11-10-5/h7-8,12H,1,11H2,2-6H3/q+1. The molecule has 0 N–H and O–H groups in total. The van der Waals surface area contributed by atoms with Crippen molar-refractivity contribution < 1.29 is 8.24 Å². The molecule has 0 aliphatic rings. The van der Waals surface area contributed by atoms with Gasteiger partial charge in [-0.1, -0.05) is 0 Å². The maximum absolute atomic E-state index is 5.39. The normalized spacial score (nSPS) is 19.8. The van der Waals surface area contributed by atoms with Crippen LogP contribution in [0.15, 0.2) is 12.3 Å². The van der Waals surface area contributed by atoms with Crippen molar-refractivity contribution in [1.82, 2.24) is 0 Å². The maximum atomic E-state index is 5.39. The van der Waals surface area contributed by atoms with Gasteiger partial charge in [0.1, 0.15) is 0 Å².